The normalized spacial score (nSPS) is 10.6. The van der Waals surface area contributed by atoms with E-state index in [-0.39, 0.29) is 5.82 Å². The maximum Gasteiger partial charge on any atom is 0.246 e. The van der Waals surface area contributed by atoms with Gasteiger partial charge in [0.15, 0.2) is 5.11 Å². The van der Waals surface area contributed by atoms with Crippen LogP contribution in [0.2, 0.25) is 5.02 Å². The smallest absolute Gasteiger partial charge is 0.246 e. The molecule has 0 radical (unpaired) electrons. The zero-order chi connectivity index (χ0) is 18.5. The van der Waals surface area contributed by atoms with Crippen LogP contribution >= 0.6 is 23.8 Å². The van der Waals surface area contributed by atoms with Crippen LogP contribution in [0.1, 0.15) is 12.8 Å². The summed E-state index contributed by atoms with van der Waals surface area (Å²) >= 11 is 11.3. The second kappa shape index (κ2) is 8.25. The summed E-state index contributed by atoms with van der Waals surface area (Å²) in [6.07, 6.45) is 0. The topological polar surface area (TPSA) is 54.2 Å². The van der Waals surface area contributed by atoms with Crippen LogP contribution in [-0.4, -0.2) is 26.7 Å². The Labute approximate surface area is 160 Å². The van der Waals surface area contributed by atoms with E-state index < -0.39 is 0 Å². The molecule has 0 aliphatic carbocycles. The van der Waals surface area contributed by atoms with Crippen LogP contribution in [0.15, 0.2) is 53.1 Å². The Morgan fingerprint density at radius 1 is 1.27 bits per heavy atom. The highest BCUT2D eigenvalue weighted by atomic mass is 35.5. The average Bonchev–Trinajstić information content (AvgIpc) is 3.09. The van der Waals surface area contributed by atoms with E-state index in [1.807, 2.05) is 24.0 Å². The van der Waals surface area contributed by atoms with Gasteiger partial charge in [0.1, 0.15) is 5.82 Å². The fourth-order valence-corrected chi connectivity index (χ4v) is 2.73. The van der Waals surface area contributed by atoms with E-state index in [4.69, 9.17) is 28.3 Å². The van der Waals surface area contributed by atoms with E-state index in [0.29, 0.717) is 40.6 Å². The molecule has 26 heavy (non-hydrogen) atoms. The molecule has 2 aromatic carbocycles. The highest BCUT2D eigenvalue weighted by Crippen LogP contribution is 2.19. The van der Waals surface area contributed by atoms with Crippen LogP contribution in [0.3, 0.4) is 0 Å². The van der Waals surface area contributed by atoms with Gasteiger partial charge in [0.2, 0.25) is 11.7 Å². The number of rotatable bonds is 5. The summed E-state index contributed by atoms with van der Waals surface area (Å²) < 4.78 is 18.6. The van der Waals surface area contributed by atoms with E-state index in [1.54, 1.807) is 24.3 Å². The number of nitrogens with zero attached hydrogens (tertiary/aromatic N) is 3. The first-order chi connectivity index (χ1) is 12.5. The molecule has 1 heterocycles. The van der Waals surface area contributed by atoms with Gasteiger partial charge in [-0.2, -0.15) is 4.98 Å². The number of nitrogens with one attached hydrogen (secondary N) is 1. The lowest BCUT2D eigenvalue weighted by Crippen LogP contribution is -2.34. The molecule has 3 rings (SSSR count). The highest BCUT2D eigenvalue weighted by Gasteiger charge is 2.15. The number of benzene rings is 2. The lowest BCUT2D eigenvalue weighted by atomic mass is 10.2. The number of thiocarbonyl (C=S) groups is 1. The molecule has 0 aliphatic rings. The van der Waals surface area contributed by atoms with Crippen molar-refractivity contribution in [1.82, 2.24) is 15.0 Å². The first-order valence-corrected chi connectivity index (χ1v) is 8.74. The third-order valence-corrected chi connectivity index (χ3v) is 4.25. The SMILES string of the molecule is CCN(Cc1nc(-c2ccc(Cl)cc2)no1)C(=S)Nc1cccc(F)c1. The maximum atomic E-state index is 13.3. The average molecular weight is 391 g/mol. The number of anilines is 1. The van der Waals surface area contributed by atoms with Crippen molar-refractivity contribution in [3.05, 3.63) is 65.3 Å². The van der Waals surface area contributed by atoms with Crippen molar-refractivity contribution >= 4 is 34.6 Å². The summed E-state index contributed by atoms with van der Waals surface area (Å²) in [7, 11) is 0. The third-order valence-electron chi connectivity index (χ3n) is 3.64. The van der Waals surface area contributed by atoms with Crippen LogP contribution in [0.5, 0.6) is 0 Å². The van der Waals surface area contributed by atoms with Gasteiger partial charge >= 0.3 is 0 Å². The summed E-state index contributed by atoms with van der Waals surface area (Å²) in [5.74, 6) is 0.585. The largest absolute Gasteiger partial charge is 0.340 e. The Balaban J connectivity index is 1.68. The molecule has 0 unspecified atom stereocenters. The molecular formula is C18H16ClFN4OS. The molecule has 5 nitrogen and oxygen atoms in total. The molecule has 8 heteroatoms. The molecule has 1 N–H and O–H groups in total. The van der Waals surface area contributed by atoms with Gasteiger partial charge in [0.25, 0.3) is 0 Å². The van der Waals surface area contributed by atoms with E-state index in [1.165, 1.54) is 12.1 Å². The molecule has 0 bridgehead atoms. The minimum Gasteiger partial charge on any atom is -0.340 e. The Bertz CT molecular complexity index is 900. The fourth-order valence-electron chi connectivity index (χ4n) is 2.29. The number of halogens is 2. The third kappa shape index (κ3) is 4.56. The van der Waals surface area contributed by atoms with Crippen LogP contribution in [0.4, 0.5) is 10.1 Å². The Hall–Kier alpha value is -2.51. The Morgan fingerprint density at radius 3 is 2.73 bits per heavy atom. The molecule has 0 amide bonds. The van der Waals surface area contributed by atoms with Crippen LogP contribution in [-0.2, 0) is 6.54 Å². The van der Waals surface area contributed by atoms with E-state index in [9.17, 15) is 4.39 Å². The second-order valence-electron chi connectivity index (χ2n) is 5.47. The first kappa shape index (κ1) is 18.3. The molecule has 0 fully saturated rings. The summed E-state index contributed by atoms with van der Waals surface area (Å²) in [6.45, 7) is 2.92. The zero-order valence-electron chi connectivity index (χ0n) is 13.9. The van der Waals surface area contributed by atoms with E-state index in [2.05, 4.69) is 15.5 Å². The van der Waals surface area contributed by atoms with Gasteiger partial charge in [-0.05, 0) is 61.6 Å². The van der Waals surface area contributed by atoms with Crippen molar-refractivity contribution in [1.29, 1.82) is 0 Å². The summed E-state index contributed by atoms with van der Waals surface area (Å²) in [5.41, 5.74) is 1.40. The first-order valence-electron chi connectivity index (χ1n) is 7.95. The van der Waals surface area contributed by atoms with Gasteiger partial charge in [-0.1, -0.05) is 22.8 Å². The van der Waals surface area contributed by atoms with E-state index in [0.717, 1.165) is 5.56 Å². The van der Waals surface area contributed by atoms with Crippen molar-refractivity contribution in [2.75, 3.05) is 11.9 Å². The molecule has 0 saturated heterocycles. The zero-order valence-corrected chi connectivity index (χ0v) is 15.5. The van der Waals surface area contributed by atoms with Crippen LogP contribution in [0, 0.1) is 5.82 Å². The minimum atomic E-state index is -0.328. The predicted octanol–water partition coefficient (Wildman–Crippen LogP) is 4.75. The lowest BCUT2D eigenvalue weighted by Gasteiger charge is -2.22. The number of hydrogen-bond donors (Lipinski definition) is 1. The van der Waals surface area contributed by atoms with Gasteiger partial charge in [0.05, 0.1) is 6.54 Å². The quantitative estimate of drug-likeness (QED) is 0.634. The molecule has 0 aliphatic heterocycles. The highest BCUT2D eigenvalue weighted by molar-refractivity contribution is 7.80. The van der Waals surface area contributed by atoms with Gasteiger partial charge < -0.3 is 14.7 Å². The van der Waals surface area contributed by atoms with Crippen molar-refractivity contribution in [2.45, 2.75) is 13.5 Å². The second-order valence-corrected chi connectivity index (χ2v) is 6.30. The molecule has 1 aromatic heterocycles. The van der Waals surface area contributed by atoms with Gasteiger partial charge in [0, 0.05) is 22.8 Å². The van der Waals surface area contributed by atoms with Gasteiger partial charge in [-0.25, -0.2) is 4.39 Å². The summed E-state index contributed by atoms with van der Waals surface area (Å²) in [4.78, 5) is 6.24. The van der Waals surface area contributed by atoms with Gasteiger partial charge in [-0.3, -0.25) is 0 Å². The van der Waals surface area contributed by atoms with Crippen LogP contribution < -0.4 is 5.32 Å². The monoisotopic (exact) mass is 390 g/mol. The number of hydrogen-bond acceptors (Lipinski definition) is 4. The van der Waals surface area contributed by atoms with E-state index >= 15 is 0 Å². The lowest BCUT2D eigenvalue weighted by molar-refractivity contribution is 0.320. The van der Waals surface area contributed by atoms with Crippen molar-refractivity contribution in [3.8, 4) is 11.4 Å². The van der Waals surface area contributed by atoms with Crippen molar-refractivity contribution in [3.63, 3.8) is 0 Å². The Kier molecular flexibility index (Phi) is 5.80. The predicted molar refractivity (Wildman–Crippen MR) is 103 cm³/mol. The fraction of sp³-hybridized carbons (Fsp3) is 0.167. The molecule has 0 spiro atoms. The molecule has 134 valence electrons. The molecule has 3 aromatic rings. The number of aromatic nitrogens is 2. The Morgan fingerprint density at radius 2 is 2.04 bits per heavy atom. The van der Waals surface area contributed by atoms with Crippen LogP contribution in [0.25, 0.3) is 11.4 Å². The standard InChI is InChI=1S/C18H16ClFN4OS/c1-2-24(18(26)21-15-5-3-4-14(20)10-15)11-16-22-17(23-25-16)12-6-8-13(19)9-7-12/h3-10H,2,11H2,1H3,(H,21,26). The maximum absolute atomic E-state index is 13.3. The molecular weight excluding hydrogens is 375 g/mol. The molecule has 0 atom stereocenters. The summed E-state index contributed by atoms with van der Waals surface area (Å²) in [5, 5.41) is 8.09. The minimum absolute atomic E-state index is 0.328. The van der Waals surface area contributed by atoms with Crippen molar-refractivity contribution < 1.29 is 8.91 Å². The summed E-state index contributed by atoms with van der Waals surface area (Å²) in [6, 6.07) is 13.3. The molecule has 0 saturated carbocycles. The van der Waals surface area contributed by atoms with Gasteiger partial charge in [-0.15, -0.1) is 0 Å². The van der Waals surface area contributed by atoms with Crippen molar-refractivity contribution in [2.24, 2.45) is 0 Å².